The second-order valence-electron chi connectivity index (χ2n) is 7.39. The molecule has 1 amide bonds. The van der Waals surface area contributed by atoms with Crippen LogP contribution in [0.5, 0.6) is 0 Å². The zero-order valence-electron chi connectivity index (χ0n) is 16.8. The van der Waals surface area contributed by atoms with Gasteiger partial charge in [0.05, 0.1) is 11.8 Å². The summed E-state index contributed by atoms with van der Waals surface area (Å²) in [4.78, 5) is 36.8. The lowest BCUT2D eigenvalue weighted by atomic mass is 10.1. The summed E-state index contributed by atoms with van der Waals surface area (Å²) in [6, 6.07) is 11.8. The van der Waals surface area contributed by atoms with Crippen LogP contribution < -0.4 is 5.32 Å². The van der Waals surface area contributed by atoms with E-state index in [1.54, 1.807) is 24.3 Å². The van der Waals surface area contributed by atoms with Crippen LogP contribution in [0.4, 0.5) is 5.69 Å². The second-order valence-corrected chi connectivity index (χ2v) is 7.39. The summed E-state index contributed by atoms with van der Waals surface area (Å²) in [5.41, 5.74) is 3.38. The Hall–Kier alpha value is -3.61. The third-order valence-electron chi connectivity index (χ3n) is 5.15. The average Bonchev–Trinajstić information content (AvgIpc) is 3.30. The maximum Gasteiger partial charge on any atom is 0.338 e. The molecule has 1 saturated carbocycles. The van der Waals surface area contributed by atoms with Crippen molar-refractivity contribution in [2.45, 2.75) is 32.7 Å². The summed E-state index contributed by atoms with van der Waals surface area (Å²) in [5, 5.41) is 2.67. The summed E-state index contributed by atoms with van der Waals surface area (Å²) in [5.74, 6) is -1.00. The number of ether oxygens (including phenoxy) is 1. The standard InChI is InChI=1S/C23H22N2O5/c1-14-12-19(15(2)25(14)18-9-10-18)20(26)13-30-23(28)16-5-7-17(8-6-16)24-22(27)21-4-3-11-29-21/h3-8,11-12,18H,9-10,13H2,1-2H3,(H,24,27). The highest BCUT2D eigenvalue weighted by molar-refractivity contribution is 6.03. The highest BCUT2D eigenvalue weighted by atomic mass is 16.5. The van der Waals surface area contributed by atoms with E-state index < -0.39 is 5.97 Å². The first-order valence-corrected chi connectivity index (χ1v) is 9.77. The molecular weight excluding hydrogens is 384 g/mol. The van der Waals surface area contributed by atoms with Gasteiger partial charge in [0.25, 0.3) is 5.91 Å². The molecule has 1 aromatic carbocycles. The third kappa shape index (κ3) is 4.05. The van der Waals surface area contributed by atoms with Crippen molar-refractivity contribution in [1.82, 2.24) is 4.57 Å². The van der Waals surface area contributed by atoms with E-state index in [1.165, 1.54) is 18.4 Å². The van der Waals surface area contributed by atoms with E-state index in [9.17, 15) is 14.4 Å². The van der Waals surface area contributed by atoms with Crippen LogP contribution in [-0.2, 0) is 4.74 Å². The molecule has 30 heavy (non-hydrogen) atoms. The van der Waals surface area contributed by atoms with Gasteiger partial charge in [0.2, 0.25) is 5.78 Å². The molecule has 0 unspecified atom stereocenters. The SMILES string of the molecule is Cc1cc(C(=O)COC(=O)c2ccc(NC(=O)c3ccco3)cc2)c(C)n1C1CC1. The Morgan fingerprint density at radius 1 is 1.13 bits per heavy atom. The quantitative estimate of drug-likeness (QED) is 0.466. The van der Waals surface area contributed by atoms with Crippen molar-refractivity contribution in [3.8, 4) is 0 Å². The van der Waals surface area contributed by atoms with E-state index in [0.717, 1.165) is 24.2 Å². The molecule has 0 spiro atoms. The Bertz CT molecular complexity index is 1090. The van der Waals surface area contributed by atoms with Gasteiger partial charge < -0.3 is 19.0 Å². The number of aromatic nitrogens is 1. The highest BCUT2D eigenvalue weighted by Gasteiger charge is 2.28. The molecule has 0 bridgehead atoms. The van der Waals surface area contributed by atoms with Crippen molar-refractivity contribution in [1.29, 1.82) is 0 Å². The van der Waals surface area contributed by atoms with Crippen LogP contribution >= 0.6 is 0 Å². The van der Waals surface area contributed by atoms with Crippen molar-refractivity contribution in [3.05, 3.63) is 77.0 Å². The molecule has 0 saturated heterocycles. The molecule has 7 nitrogen and oxygen atoms in total. The van der Waals surface area contributed by atoms with Crippen molar-refractivity contribution in [3.63, 3.8) is 0 Å². The molecule has 1 N–H and O–H groups in total. The molecule has 0 aliphatic heterocycles. The zero-order valence-corrected chi connectivity index (χ0v) is 16.8. The van der Waals surface area contributed by atoms with E-state index >= 15 is 0 Å². The molecule has 7 heteroatoms. The number of ketones is 1. The third-order valence-corrected chi connectivity index (χ3v) is 5.15. The van der Waals surface area contributed by atoms with E-state index in [0.29, 0.717) is 22.9 Å². The summed E-state index contributed by atoms with van der Waals surface area (Å²) in [6.07, 6.45) is 3.69. The topological polar surface area (TPSA) is 90.5 Å². The van der Waals surface area contributed by atoms with Gasteiger partial charge in [-0.2, -0.15) is 0 Å². The van der Waals surface area contributed by atoms with Crippen molar-refractivity contribution in [2.24, 2.45) is 0 Å². The van der Waals surface area contributed by atoms with Crippen LogP contribution in [0.3, 0.4) is 0 Å². The fourth-order valence-corrected chi connectivity index (χ4v) is 3.54. The molecule has 2 aromatic heterocycles. The minimum absolute atomic E-state index is 0.193. The lowest BCUT2D eigenvalue weighted by Crippen LogP contribution is -2.15. The first-order chi connectivity index (χ1) is 14.4. The summed E-state index contributed by atoms with van der Waals surface area (Å²) in [6.45, 7) is 3.60. The Labute approximate surface area is 173 Å². The summed E-state index contributed by atoms with van der Waals surface area (Å²) >= 11 is 0. The molecule has 2 heterocycles. The number of Topliss-reactive ketones (excluding diaryl/α,β-unsaturated/α-hetero) is 1. The van der Waals surface area contributed by atoms with Crippen LogP contribution in [0.1, 0.15) is 61.5 Å². The minimum Gasteiger partial charge on any atom is -0.459 e. The number of hydrogen-bond acceptors (Lipinski definition) is 5. The van der Waals surface area contributed by atoms with Crippen molar-refractivity contribution < 1.29 is 23.5 Å². The Balaban J connectivity index is 1.34. The van der Waals surface area contributed by atoms with Crippen LogP contribution in [0, 0.1) is 13.8 Å². The van der Waals surface area contributed by atoms with Crippen LogP contribution in [0.15, 0.2) is 53.1 Å². The van der Waals surface area contributed by atoms with Gasteiger partial charge in [0.1, 0.15) is 0 Å². The molecule has 3 aromatic rings. The van der Waals surface area contributed by atoms with E-state index in [1.807, 2.05) is 19.9 Å². The van der Waals surface area contributed by atoms with Crippen molar-refractivity contribution >= 4 is 23.3 Å². The number of nitrogens with zero attached hydrogens (tertiary/aromatic N) is 1. The van der Waals surface area contributed by atoms with Gasteiger partial charge in [-0.15, -0.1) is 0 Å². The van der Waals surface area contributed by atoms with Gasteiger partial charge in [0.15, 0.2) is 12.4 Å². The predicted octanol–water partition coefficient (Wildman–Crippen LogP) is 4.32. The lowest BCUT2D eigenvalue weighted by Gasteiger charge is -2.08. The highest BCUT2D eigenvalue weighted by Crippen LogP contribution is 2.38. The minimum atomic E-state index is -0.594. The van der Waals surface area contributed by atoms with E-state index in [2.05, 4.69) is 9.88 Å². The molecule has 1 aliphatic rings. The fraction of sp³-hybridized carbons (Fsp3) is 0.261. The number of carbonyl (C=O) groups excluding carboxylic acids is 3. The van der Waals surface area contributed by atoms with E-state index in [4.69, 9.17) is 9.15 Å². The second kappa shape index (κ2) is 8.02. The van der Waals surface area contributed by atoms with Gasteiger partial charge in [-0.1, -0.05) is 0 Å². The monoisotopic (exact) mass is 406 g/mol. The zero-order chi connectivity index (χ0) is 21.3. The number of carbonyl (C=O) groups is 3. The lowest BCUT2D eigenvalue weighted by molar-refractivity contribution is 0.0474. The van der Waals surface area contributed by atoms with Gasteiger partial charge in [0, 0.05) is 28.7 Å². The molecule has 1 aliphatic carbocycles. The Kier molecular flexibility index (Phi) is 5.27. The molecule has 0 atom stereocenters. The fourth-order valence-electron chi connectivity index (χ4n) is 3.54. The van der Waals surface area contributed by atoms with E-state index in [-0.39, 0.29) is 24.1 Å². The molecule has 0 radical (unpaired) electrons. The number of hydrogen-bond donors (Lipinski definition) is 1. The average molecular weight is 406 g/mol. The number of nitrogens with one attached hydrogen (secondary N) is 1. The number of anilines is 1. The molecular formula is C23H22N2O5. The van der Waals surface area contributed by atoms with Crippen molar-refractivity contribution in [2.75, 3.05) is 11.9 Å². The van der Waals surface area contributed by atoms with Gasteiger partial charge in [-0.05, 0) is 69.2 Å². The van der Waals surface area contributed by atoms with Crippen LogP contribution in [0.25, 0.3) is 0 Å². The summed E-state index contributed by atoms with van der Waals surface area (Å²) in [7, 11) is 0. The number of furan rings is 1. The van der Waals surface area contributed by atoms with Gasteiger partial charge >= 0.3 is 5.97 Å². The molecule has 4 rings (SSSR count). The number of benzene rings is 1. The van der Waals surface area contributed by atoms with Gasteiger partial charge in [-0.3, -0.25) is 9.59 Å². The largest absolute Gasteiger partial charge is 0.459 e. The number of esters is 1. The van der Waals surface area contributed by atoms with Crippen LogP contribution in [-0.4, -0.2) is 28.8 Å². The maximum absolute atomic E-state index is 12.6. The number of amides is 1. The smallest absolute Gasteiger partial charge is 0.338 e. The summed E-state index contributed by atoms with van der Waals surface area (Å²) < 4.78 is 12.4. The Morgan fingerprint density at radius 2 is 1.87 bits per heavy atom. The van der Waals surface area contributed by atoms with Crippen LogP contribution in [0.2, 0.25) is 0 Å². The molecule has 1 fully saturated rings. The normalized spacial score (nSPS) is 13.1. The Morgan fingerprint density at radius 3 is 2.50 bits per heavy atom. The van der Waals surface area contributed by atoms with Gasteiger partial charge in [-0.25, -0.2) is 4.79 Å². The first-order valence-electron chi connectivity index (χ1n) is 9.77. The maximum atomic E-state index is 12.6. The predicted molar refractivity (Wildman–Crippen MR) is 110 cm³/mol. The first kappa shape index (κ1) is 19.7. The number of rotatable bonds is 7. The number of aryl methyl sites for hydroxylation is 1. The molecule has 154 valence electrons.